The number of fused-ring (bicyclic) bond motifs is 1. The summed E-state index contributed by atoms with van der Waals surface area (Å²) in [5.74, 6) is 0.0369. The van der Waals surface area contributed by atoms with Gasteiger partial charge in [0.2, 0.25) is 0 Å². The number of rotatable bonds is 5. The van der Waals surface area contributed by atoms with Gasteiger partial charge >= 0.3 is 0 Å². The monoisotopic (exact) mass is 381 g/mol. The maximum Gasteiger partial charge on any atom is 0.257 e. The Morgan fingerprint density at radius 2 is 2.07 bits per heavy atom. The molecule has 1 saturated heterocycles. The number of aryl methyl sites for hydroxylation is 1. The van der Waals surface area contributed by atoms with Crippen LogP contribution in [0.3, 0.4) is 0 Å². The number of amides is 1. The van der Waals surface area contributed by atoms with Crippen molar-refractivity contribution in [3.63, 3.8) is 0 Å². The number of hydrogen-bond donors (Lipinski definition) is 3. The lowest BCUT2D eigenvalue weighted by Gasteiger charge is -2.22. The molecule has 146 valence electrons. The SMILES string of the molecule is Cc1cccc2c1C(=CNc1ccc(NCC3CCOCC3)c(F)c1)C(=O)N2. The van der Waals surface area contributed by atoms with Crippen LogP contribution >= 0.6 is 0 Å². The van der Waals surface area contributed by atoms with E-state index < -0.39 is 0 Å². The summed E-state index contributed by atoms with van der Waals surface area (Å²) in [5.41, 5.74) is 4.34. The summed E-state index contributed by atoms with van der Waals surface area (Å²) in [5, 5.41) is 9.10. The van der Waals surface area contributed by atoms with Crippen molar-refractivity contribution in [3.05, 3.63) is 59.5 Å². The minimum absolute atomic E-state index is 0.160. The highest BCUT2D eigenvalue weighted by Crippen LogP contribution is 2.34. The Kier molecular flexibility index (Phi) is 5.30. The van der Waals surface area contributed by atoms with Crippen LogP contribution in [-0.2, 0) is 9.53 Å². The van der Waals surface area contributed by atoms with Gasteiger partial charge in [0.1, 0.15) is 5.82 Å². The topological polar surface area (TPSA) is 62.4 Å². The summed E-state index contributed by atoms with van der Waals surface area (Å²) in [6.07, 6.45) is 3.65. The molecule has 2 aromatic carbocycles. The van der Waals surface area contributed by atoms with E-state index in [1.807, 2.05) is 25.1 Å². The lowest BCUT2D eigenvalue weighted by atomic mass is 10.0. The van der Waals surface area contributed by atoms with Crippen molar-refractivity contribution in [2.24, 2.45) is 5.92 Å². The first-order valence-corrected chi connectivity index (χ1v) is 9.61. The van der Waals surface area contributed by atoms with Crippen molar-refractivity contribution in [2.45, 2.75) is 19.8 Å². The third-order valence-electron chi connectivity index (χ3n) is 5.31. The minimum atomic E-state index is -0.317. The third kappa shape index (κ3) is 3.87. The molecule has 0 radical (unpaired) electrons. The van der Waals surface area contributed by atoms with E-state index in [4.69, 9.17) is 4.74 Å². The second-order valence-corrected chi connectivity index (χ2v) is 7.29. The molecule has 0 atom stereocenters. The van der Waals surface area contributed by atoms with Crippen molar-refractivity contribution in [1.82, 2.24) is 0 Å². The number of carbonyl (C=O) groups is 1. The molecule has 0 spiro atoms. The molecule has 0 unspecified atom stereocenters. The highest BCUT2D eigenvalue weighted by Gasteiger charge is 2.25. The second-order valence-electron chi connectivity index (χ2n) is 7.29. The van der Waals surface area contributed by atoms with Gasteiger partial charge in [-0.3, -0.25) is 4.79 Å². The van der Waals surface area contributed by atoms with Gasteiger partial charge in [-0.15, -0.1) is 0 Å². The number of halogens is 1. The highest BCUT2D eigenvalue weighted by atomic mass is 19.1. The van der Waals surface area contributed by atoms with Crippen LogP contribution in [0.2, 0.25) is 0 Å². The largest absolute Gasteiger partial charge is 0.382 e. The van der Waals surface area contributed by atoms with Crippen LogP contribution in [-0.4, -0.2) is 25.7 Å². The van der Waals surface area contributed by atoms with Crippen molar-refractivity contribution in [1.29, 1.82) is 0 Å². The van der Waals surface area contributed by atoms with Gasteiger partial charge in [0.25, 0.3) is 5.91 Å². The molecule has 28 heavy (non-hydrogen) atoms. The summed E-state index contributed by atoms with van der Waals surface area (Å²) in [6.45, 7) is 4.27. The molecule has 0 aromatic heterocycles. The molecular weight excluding hydrogens is 357 g/mol. The van der Waals surface area contributed by atoms with Crippen LogP contribution in [0, 0.1) is 18.7 Å². The maximum absolute atomic E-state index is 14.5. The Bertz CT molecular complexity index is 920. The fourth-order valence-electron chi connectivity index (χ4n) is 3.68. The Morgan fingerprint density at radius 1 is 1.25 bits per heavy atom. The van der Waals surface area contributed by atoms with E-state index in [-0.39, 0.29) is 11.7 Å². The van der Waals surface area contributed by atoms with Gasteiger partial charge < -0.3 is 20.7 Å². The van der Waals surface area contributed by atoms with Crippen LogP contribution in [0.5, 0.6) is 0 Å². The first-order chi connectivity index (χ1) is 13.6. The Morgan fingerprint density at radius 3 is 2.86 bits per heavy atom. The predicted octanol–water partition coefficient (Wildman–Crippen LogP) is 4.38. The van der Waals surface area contributed by atoms with E-state index in [1.54, 1.807) is 18.3 Å². The molecule has 0 saturated carbocycles. The molecule has 3 N–H and O–H groups in total. The minimum Gasteiger partial charge on any atom is -0.382 e. The Labute approximate surface area is 164 Å². The third-order valence-corrected chi connectivity index (χ3v) is 5.31. The van der Waals surface area contributed by atoms with Crippen molar-refractivity contribution in [3.8, 4) is 0 Å². The molecule has 1 amide bonds. The number of ether oxygens (including phenoxy) is 1. The summed E-state index contributed by atoms with van der Waals surface area (Å²) in [6, 6.07) is 10.7. The smallest absolute Gasteiger partial charge is 0.257 e. The lowest BCUT2D eigenvalue weighted by molar-refractivity contribution is -0.110. The molecule has 2 heterocycles. The lowest BCUT2D eigenvalue weighted by Crippen LogP contribution is -2.22. The first kappa shape index (κ1) is 18.5. The molecule has 2 aliphatic heterocycles. The van der Waals surface area contributed by atoms with E-state index in [0.29, 0.717) is 22.9 Å². The van der Waals surface area contributed by atoms with E-state index in [0.717, 1.165) is 49.4 Å². The molecular formula is C22H24FN3O2. The van der Waals surface area contributed by atoms with E-state index >= 15 is 0 Å². The van der Waals surface area contributed by atoms with E-state index in [2.05, 4.69) is 16.0 Å². The summed E-state index contributed by atoms with van der Waals surface area (Å²) < 4.78 is 19.8. The van der Waals surface area contributed by atoms with E-state index in [1.165, 1.54) is 6.07 Å². The summed E-state index contributed by atoms with van der Waals surface area (Å²) in [4.78, 5) is 12.2. The Balaban J connectivity index is 1.44. The molecule has 5 nitrogen and oxygen atoms in total. The number of anilines is 3. The average molecular weight is 381 g/mol. The Hall–Kier alpha value is -2.86. The van der Waals surface area contributed by atoms with E-state index in [9.17, 15) is 9.18 Å². The zero-order valence-corrected chi connectivity index (χ0v) is 15.8. The van der Waals surface area contributed by atoms with Gasteiger partial charge in [-0.25, -0.2) is 4.39 Å². The molecule has 2 aromatic rings. The number of carbonyl (C=O) groups excluding carboxylic acids is 1. The molecule has 2 aliphatic rings. The van der Waals surface area contributed by atoms with Crippen molar-refractivity contribution in [2.75, 3.05) is 35.7 Å². The standard InChI is InChI=1S/C22H24FN3O2/c1-14-3-2-4-20-21(14)17(22(27)26-20)13-24-16-5-6-19(18(23)11-16)25-12-15-7-9-28-10-8-15/h2-6,11,13,15,24-25H,7-10,12H2,1H3,(H,26,27). The van der Waals surface area contributed by atoms with Gasteiger partial charge in [0, 0.05) is 42.9 Å². The van der Waals surface area contributed by atoms with Crippen LogP contribution in [0.25, 0.3) is 5.57 Å². The fraction of sp³-hybridized carbons (Fsp3) is 0.318. The number of hydrogen-bond acceptors (Lipinski definition) is 4. The van der Waals surface area contributed by atoms with Crippen LogP contribution in [0.15, 0.2) is 42.6 Å². The molecule has 1 fully saturated rings. The number of benzene rings is 2. The van der Waals surface area contributed by atoms with Gasteiger partial charge in [-0.2, -0.15) is 0 Å². The predicted molar refractivity (Wildman–Crippen MR) is 110 cm³/mol. The molecule has 0 bridgehead atoms. The highest BCUT2D eigenvalue weighted by molar-refractivity contribution is 6.32. The maximum atomic E-state index is 14.5. The first-order valence-electron chi connectivity index (χ1n) is 9.61. The quantitative estimate of drug-likeness (QED) is 0.673. The fourth-order valence-corrected chi connectivity index (χ4v) is 3.68. The molecule has 4 rings (SSSR count). The summed E-state index contributed by atoms with van der Waals surface area (Å²) >= 11 is 0. The van der Waals surface area contributed by atoms with Crippen LogP contribution in [0.1, 0.15) is 24.0 Å². The van der Waals surface area contributed by atoms with Crippen molar-refractivity contribution < 1.29 is 13.9 Å². The molecule has 6 heteroatoms. The summed E-state index contributed by atoms with van der Waals surface area (Å²) in [7, 11) is 0. The van der Waals surface area contributed by atoms with Crippen molar-refractivity contribution >= 4 is 28.5 Å². The average Bonchev–Trinajstić information content (AvgIpc) is 3.03. The van der Waals surface area contributed by atoms with Gasteiger partial charge in [-0.05, 0) is 55.5 Å². The van der Waals surface area contributed by atoms with Crippen LogP contribution in [0.4, 0.5) is 21.5 Å². The van der Waals surface area contributed by atoms with Gasteiger partial charge in [0.15, 0.2) is 0 Å². The van der Waals surface area contributed by atoms with Crippen LogP contribution < -0.4 is 16.0 Å². The number of nitrogens with one attached hydrogen (secondary N) is 3. The molecule has 0 aliphatic carbocycles. The zero-order valence-electron chi connectivity index (χ0n) is 15.8. The normalized spacial score (nSPS) is 18.1. The van der Waals surface area contributed by atoms with Gasteiger partial charge in [0.05, 0.1) is 11.3 Å². The van der Waals surface area contributed by atoms with Gasteiger partial charge in [-0.1, -0.05) is 12.1 Å². The zero-order chi connectivity index (χ0) is 19.5. The second kappa shape index (κ2) is 8.02.